The fraction of sp³-hybridized carbons (Fsp3) is 0.455. The number of nitrogens with two attached hydrogens (primary N) is 1. The van der Waals surface area contributed by atoms with Gasteiger partial charge in [0.25, 0.3) is 0 Å². The molecular formula is C11H17IN2O. The maximum atomic E-state index is 5.56. The molecule has 0 amide bonds. The molecule has 3 nitrogen and oxygen atoms in total. The Morgan fingerprint density at radius 3 is 2.60 bits per heavy atom. The maximum Gasteiger partial charge on any atom is 0.0704 e. The molecule has 1 aromatic rings. The summed E-state index contributed by atoms with van der Waals surface area (Å²) in [4.78, 5) is 0. The largest absolute Gasteiger partial charge is 0.377 e. The van der Waals surface area contributed by atoms with E-state index in [-0.39, 0.29) is 12.1 Å². The summed E-state index contributed by atoms with van der Waals surface area (Å²) in [5, 5.41) is 0. The Labute approximate surface area is 104 Å². The average Bonchev–Trinajstić information content (AvgIpc) is 2.21. The van der Waals surface area contributed by atoms with E-state index < -0.39 is 0 Å². The van der Waals surface area contributed by atoms with E-state index in [4.69, 9.17) is 10.6 Å². The number of rotatable bonds is 5. The minimum absolute atomic E-state index is 0.0560. The molecular weight excluding hydrogens is 303 g/mol. The Kier molecular flexibility index (Phi) is 5.52. The molecule has 0 radical (unpaired) electrons. The second-order valence-corrected chi connectivity index (χ2v) is 4.79. The van der Waals surface area contributed by atoms with Gasteiger partial charge in [0.15, 0.2) is 0 Å². The van der Waals surface area contributed by atoms with Gasteiger partial charge in [-0.15, -0.1) is 0 Å². The van der Waals surface area contributed by atoms with E-state index in [1.807, 2.05) is 26.0 Å². The van der Waals surface area contributed by atoms with Crippen LogP contribution in [0, 0.1) is 3.57 Å². The Balaban J connectivity index is 2.70. The van der Waals surface area contributed by atoms with Gasteiger partial charge in [0, 0.05) is 3.57 Å². The van der Waals surface area contributed by atoms with Crippen LogP contribution >= 0.6 is 22.6 Å². The first-order chi connectivity index (χ1) is 7.15. The van der Waals surface area contributed by atoms with Crippen LogP contribution in [0.1, 0.15) is 25.5 Å². The summed E-state index contributed by atoms with van der Waals surface area (Å²) < 4.78 is 6.76. The van der Waals surface area contributed by atoms with Crippen molar-refractivity contribution in [3.63, 3.8) is 0 Å². The first kappa shape index (κ1) is 12.9. The van der Waals surface area contributed by atoms with Crippen LogP contribution in [0.15, 0.2) is 24.3 Å². The third-order valence-corrected chi connectivity index (χ3v) is 3.06. The maximum absolute atomic E-state index is 5.56. The van der Waals surface area contributed by atoms with Crippen molar-refractivity contribution in [1.29, 1.82) is 0 Å². The highest BCUT2D eigenvalue weighted by atomic mass is 127. The lowest BCUT2D eigenvalue weighted by Gasteiger charge is -2.19. The summed E-state index contributed by atoms with van der Waals surface area (Å²) in [6.45, 7) is 4.63. The van der Waals surface area contributed by atoms with Crippen molar-refractivity contribution < 1.29 is 4.74 Å². The molecule has 0 fully saturated rings. The van der Waals surface area contributed by atoms with Crippen LogP contribution in [-0.2, 0) is 4.74 Å². The first-order valence-electron chi connectivity index (χ1n) is 4.97. The lowest BCUT2D eigenvalue weighted by Crippen LogP contribution is -2.32. The van der Waals surface area contributed by atoms with Gasteiger partial charge >= 0.3 is 0 Å². The molecule has 0 saturated heterocycles. The Morgan fingerprint density at radius 2 is 2.07 bits per heavy atom. The lowest BCUT2D eigenvalue weighted by molar-refractivity contribution is 0.0610. The van der Waals surface area contributed by atoms with Crippen LogP contribution in [0.3, 0.4) is 0 Å². The van der Waals surface area contributed by atoms with Gasteiger partial charge < -0.3 is 4.74 Å². The molecule has 0 spiro atoms. The van der Waals surface area contributed by atoms with Crippen LogP contribution in [0.2, 0.25) is 0 Å². The zero-order valence-electron chi connectivity index (χ0n) is 9.03. The number of nitrogens with one attached hydrogen (secondary N) is 1. The van der Waals surface area contributed by atoms with Gasteiger partial charge in [0.05, 0.1) is 18.8 Å². The summed E-state index contributed by atoms with van der Waals surface area (Å²) in [7, 11) is 0. The molecule has 15 heavy (non-hydrogen) atoms. The SMILES string of the molecule is CC(C)OCC(NN)c1ccccc1I. The highest BCUT2D eigenvalue weighted by Gasteiger charge is 2.12. The number of hydrogen-bond acceptors (Lipinski definition) is 3. The fourth-order valence-corrected chi connectivity index (χ4v) is 2.04. The molecule has 0 aliphatic heterocycles. The standard InChI is InChI=1S/C11H17IN2O/c1-8(2)15-7-11(14-13)9-5-3-4-6-10(9)12/h3-6,8,11,14H,7,13H2,1-2H3. The van der Waals surface area contributed by atoms with Crippen molar-refractivity contribution in [2.24, 2.45) is 5.84 Å². The Bertz CT molecular complexity index is 304. The van der Waals surface area contributed by atoms with E-state index in [9.17, 15) is 0 Å². The topological polar surface area (TPSA) is 47.3 Å². The fourth-order valence-electron chi connectivity index (χ4n) is 1.27. The van der Waals surface area contributed by atoms with E-state index in [2.05, 4.69) is 40.1 Å². The molecule has 0 saturated carbocycles. The molecule has 1 atom stereocenters. The van der Waals surface area contributed by atoms with Crippen molar-refractivity contribution in [3.8, 4) is 0 Å². The smallest absolute Gasteiger partial charge is 0.0704 e. The number of ether oxygens (including phenoxy) is 1. The van der Waals surface area contributed by atoms with Gasteiger partial charge in [-0.2, -0.15) is 0 Å². The van der Waals surface area contributed by atoms with E-state index in [0.717, 1.165) is 0 Å². The zero-order valence-corrected chi connectivity index (χ0v) is 11.2. The highest BCUT2D eigenvalue weighted by Crippen LogP contribution is 2.19. The summed E-state index contributed by atoms with van der Waals surface area (Å²) >= 11 is 2.30. The van der Waals surface area contributed by atoms with Crippen molar-refractivity contribution in [1.82, 2.24) is 5.43 Å². The molecule has 0 aromatic heterocycles. The lowest BCUT2D eigenvalue weighted by atomic mass is 10.1. The Morgan fingerprint density at radius 1 is 1.40 bits per heavy atom. The van der Waals surface area contributed by atoms with Gasteiger partial charge in [-0.05, 0) is 48.1 Å². The summed E-state index contributed by atoms with van der Waals surface area (Å²) in [6.07, 6.45) is 0.224. The normalized spacial score (nSPS) is 13.1. The predicted octanol–water partition coefficient (Wildman–Crippen LogP) is 2.22. The van der Waals surface area contributed by atoms with Gasteiger partial charge in [0.1, 0.15) is 0 Å². The number of halogens is 1. The molecule has 1 aromatic carbocycles. The molecule has 0 bridgehead atoms. The quantitative estimate of drug-likeness (QED) is 0.497. The minimum atomic E-state index is 0.0560. The summed E-state index contributed by atoms with van der Waals surface area (Å²) in [5.41, 5.74) is 3.97. The van der Waals surface area contributed by atoms with Crippen molar-refractivity contribution in [3.05, 3.63) is 33.4 Å². The molecule has 3 N–H and O–H groups in total. The van der Waals surface area contributed by atoms with Crippen LogP contribution in [-0.4, -0.2) is 12.7 Å². The second-order valence-electron chi connectivity index (χ2n) is 3.62. The van der Waals surface area contributed by atoms with Gasteiger partial charge in [-0.1, -0.05) is 18.2 Å². The molecule has 1 unspecified atom stereocenters. The second kappa shape index (κ2) is 6.42. The van der Waals surface area contributed by atoms with Crippen LogP contribution in [0.4, 0.5) is 0 Å². The van der Waals surface area contributed by atoms with E-state index in [1.54, 1.807) is 0 Å². The van der Waals surface area contributed by atoms with Crippen LogP contribution in [0.25, 0.3) is 0 Å². The number of hydrogen-bond donors (Lipinski definition) is 2. The Hall–Kier alpha value is -0.170. The third-order valence-electron chi connectivity index (χ3n) is 2.08. The molecule has 0 aliphatic rings. The van der Waals surface area contributed by atoms with E-state index >= 15 is 0 Å². The number of benzene rings is 1. The van der Waals surface area contributed by atoms with Crippen LogP contribution in [0.5, 0.6) is 0 Å². The molecule has 4 heteroatoms. The predicted molar refractivity (Wildman–Crippen MR) is 70.3 cm³/mol. The van der Waals surface area contributed by atoms with E-state index in [0.29, 0.717) is 6.61 Å². The average molecular weight is 320 g/mol. The van der Waals surface area contributed by atoms with Gasteiger partial charge in [0.2, 0.25) is 0 Å². The minimum Gasteiger partial charge on any atom is -0.377 e. The van der Waals surface area contributed by atoms with Gasteiger partial charge in [-0.25, -0.2) is 0 Å². The van der Waals surface area contributed by atoms with E-state index in [1.165, 1.54) is 9.13 Å². The molecule has 0 aliphatic carbocycles. The summed E-state index contributed by atoms with van der Waals surface area (Å²) in [5.74, 6) is 5.53. The number of hydrazine groups is 1. The highest BCUT2D eigenvalue weighted by molar-refractivity contribution is 14.1. The van der Waals surface area contributed by atoms with Crippen molar-refractivity contribution >= 4 is 22.6 Å². The monoisotopic (exact) mass is 320 g/mol. The van der Waals surface area contributed by atoms with Crippen molar-refractivity contribution in [2.75, 3.05) is 6.61 Å². The molecule has 84 valence electrons. The zero-order chi connectivity index (χ0) is 11.3. The molecule has 0 heterocycles. The molecule has 1 rings (SSSR count). The van der Waals surface area contributed by atoms with Gasteiger partial charge in [-0.3, -0.25) is 11.3 Å². The summed E-state index contributed by atoms with van der Waals surface area (Å²) in [6, 6.07) is 8.21. The first-order valence-corrected chi connectivity index (χ1v) is 6.05. The van der Waals surface area contributed by atoms with Crippen LogP contribution < -0.4 is 11.3 Å². The third kappa shape index (κ3) is 4.06. The van der Waals surface area contributed by atoms with Crippen molar-refractivity contribution in [2.45, 2.75) is 26.0 Å².